The molecule has 0 saturated carbocycles. The summed E-state index contributed by atoms with van der Waals surface area (Å²) in [5.74, 6) is -0.413. The van der Waals surface area contributed by atoms with Crippen molar-refractivity contribution >= 4 is 21.9 Å². The van der Waals surface area contributed by atoms with Crippen molar-refractivity contribution in [1.82, 2.24) is 20.2 Å². The molecule has 1 N–H and O–H groups in total. The van der Waals surface area contributed by atoms with Crippen LogP contribution in [0.15, 0.2) is 21.4 Å². The minimum Gasteiger partial charge on any atom is -0.481 e. The number of carbonyl (C=O) groups is 1. The van der Waals surface area contributed by atoms with Gasteiger partial charge in [0.05, 0.1) is 24.3 Å². The highest BCUT2D eigenvalue weighted by Gasteiger charge is 2.32. The van der Waals surface area contributed by atoms with Gasteiger partial charge in [0, 0.05) is 0 Å². The highest BCUT2D eigenvalue weighted by molar-refractivity contribution is 9.10. The molecule has 0 bridgehead atoms. The molecule has 2 aromatic rings. The van der Waals surface area contributed by atoms with Crippen LogP contribution in [0.3, 0.4) is 0 Å². The number of tetrazole rings is 1. The van der Waals surface area contributed by atoms with Crippen molar-refractivity contribution in [2.75, 3.05) is 0 Å². The number of aromatic nitrogens is 4. The van der Waals surface area contributed by atoms with Gasteiger partial charge in [0.15, 0.2) is 10.5 Å². The topological polar surface area (TPSA) is 94.0 Å². The standard InChI is InChI=1S/C12H15BrN4O3/c1-12(2,3)8(6-9(18)19)17-11(14-15-16-17)7-4-5-20-10(7)13/h4-5,8H,6H2,1-3H3,(H,18,19). The van der Waals surface area contributed by atoms with E-state index in [0.717, 1.165) is 0 Å². The summed E-state index contributed by atoms with van der Waals surface area (Å²) in [6.45, 7) is 5.86. The minimum absolute atomic E-state index is 0.0585. The van der Waals surface area contributed by atoms with Gasteiger partial charge in [0.1, 0.15) is 0 Å². The normalized spacial score (nSPS) is 13.4. The molecule has 0 spiro atoms. The van der Waals surface area contributed by atoms with E-state index >= 15 is 0 Å². The molecule has 0 aliphatic rings. The Balaban J connectivity index is 2.48. The van der Waals surface area contributed by atoms with Crippen molar-refractivity contribution in [2.24, 2.45) is 5.41 Å². The Morgan fingerprint density at radius 3 is 2.75 bits per heavy atom. The molecule has 0 radical (unpaired) electrons. The van der Waals surface area contributed by atoms with E-state index in [0.29, 0.717) is 16.1 Å². The smallest absolute Gasteiger partial charge is 0.305 e. The van der Waals surface area contributed by atoms with Gasteiger partial charge in [-0.05, 0) is 37.8 Å². The van der Waals surface area contributed by atoms with Crippen LogP contribution in [0.5, 0.6) is 0 Å². The monoisotopic (exact) mass is 342 g/mol. The van der Waals surface area contributed by atoms with E-state index in [1.807, 2.05) is 20.8 Å². The van der Waals surface area contributed by atoms with Gasteiger partial charge in [0.2, 0.25) is 0 Å². The number of halogens is 1. The van der Waals surface area contributed by atoms with Gasteiger partial charge in [-0.2, -0.15) is 0 Å². The van der Waals surface area contributed by atoms with E-state index in [2.05, 4.69) is 31.5 Å². The third-order valence-electron chi connectivity index (χ3n) is 3.01. The lowest BCUT2D eigenvalue weighted by molar-refractivity contribution is -0.138. The van der Waals surface area contributed by atoms with Crippen LogP contribution in [0.2, 0.25) is 0 Å². The molecule has 0 saturated heterocycles. The summed E-state index contributed by atoms with van der Waals surface area (Å²) in [4.78, 5) is 11.1. The number of nitrogens with zero attached hydrogens (tertiary/aromatic N) is 4. The second-order valence-corrected chi connectivity index (χ2v) is 6.25. The first-order valence-corrected chi connectivity index (χ1v) is 6.83. The van der Waals surface area contributed by atoms with Gasteiger partial charge >= 0.3 is 5.97 Å². The zero-order chi connectivity index (χ0) is 14.9. The third kappa shape index (κ3) is 2.90. The number of furan rings is 1. The number of aliphatic carboxylic acids is 1. The van der Waals surface area contributed by atoms with E-state index in [-0.39, 0.29) is 17.9 Å². The zero-order valence-electron chi connectivity index (χ0n) is 11.4. The fourth-order valence-corrected chi connectivity index (χ4v) is 2.38. The molecule has 20 heavy (non-hydrogen) atoms. The van der Waals surface area contributed by atoms with Gasteiger partial charge in [-0.25, -0.2) is 4.68 Å². The molecule has 2 rings (SSSR count). The van der Waals surface area contributed by atoms with E-state index in [1.165, 1.54) is 6.26 Å². The summed E-state index contributed by atoms with van der Waals surface area (Å²) < 4.78 is 7.24. The number of carboxylic acids is 1. The Bertz CT molecular complexity index is 614. The van der Waals surface area contributed by atoms with Gasteiger partial charge < -0.3 is 9.52 Å². The Labute approximate surface area is 124 Å². The van der Waals surface area contributed by atoms with Gasteiger partial charge in [0.25, 0.3) is 0 Å². The summed E-state index contributed by atoms with van der Waals surface area (Å²) in [7, 11) is 0. The summed E-state index contributed by atoms with van der Waals surface area (Å²) >= 11 is 3.28. The van der Waals surface area contributed by atoms with Crippen molar-refractivity contribution in [3.05, 3.63) is 17.0 Å². The first-order chi connectivity index (χ1) is 9.30. The van der Waals surface area contributed by atoms with E-state index in [9.17, 15) is 4.79 Å². The predicted octanol–water partition coefficient (Wildman–Crippen LogP) is 2.76. The second-order valence-electron chi connectivity index (χ2n) is 5.53. The molecule has 0 aliphatic carbocycles. The van der Waals surface area contributed by atoms with Gasteiger partial charge in [-0.3, -0.25) is 4.79 Å². The maximum atomic E-state index is 11.1. The van der Waals surface area contributed by atoms with Gasteiger partial charge in [-0.1, -0.05) is 20.8 Å². The number of hydrogen-bond acceptors (Lipinski definition) is 5. The predicted molar refractivity (Wildman–Crippen MR) is 74.0 cm³/mol. The average molecular weight is 343 g/mol. The molecule has 2 heterocycles. The van der Waals surface area contributed by atoms with Crippen molar-refractivity contribution in [1.29, 1.82) is 0 Å². The van der Waals surface area contributed by atoms with Crippen LogP contribution < -0.4 is 0 Å². The van der Waals surface area contributed by atoms with Crippen molar-refractivity contribution in [3.63, 3.8) is 0 Å². The fourth-order valence-electron chi connectivity index (χ4n) is 1.96. The lowest BCUT2D eigenvalue weighted by Crippen LogP contribution is -2.28. The van der Waals surface area contributed by atoms with Gasteiger partial charge in [-0.15, -0.1) is 5.10 Å². The molecule has 0 aliphatic heterocycles. The highest BCUT2D eigenvalue weighted by atomic mass is 79.9. The van der Waals surface area contributed by atoms with Crippen LogP contribution >= 0.6 is 15.9 Å². The lowest BCUT2D eigenvalue weighted by atomic mass is 9.84. The van der Waals surface area contributed by atoms with Crippen LogP contribution in [0.1, 0.15) is 33.2 Å². The Kier molecular flexibility index (Phi) is 3.94. The first-order valence-electron chi connectivity index (χ1n) is 6.03. The Morgan fingerprint density at radius 1 is 1.55 bits per heavy atom. The van der Waals surface area contributed by atoms with E-state index in [4.69, 9.17) is 9.52 Å². The second kappa shape index (κ2) is 5.35. The van der Waals surface area contributed by atoms with Crippen molar-refractivity contribution in [2.45, 2.75) is 33.2 Å². The molecule has 1 unspecified atom stereocenters. The maximum Gasteiger partial charge on any atom is 0.305 e. The number of carboxylic acid groups (broad SMARTS) is 1. The Morgan fingerprint density at radius 2 is 2.25 bits per heavy atom. The molecule has 8 heteroatoms. The molecule has 0 amide bonds. The van der Waals surface area contributed by atoms with Crippen molar-refractivity contribution < 1.29 is 14.3 Å². The van der Waals surface area contributed by atoms with E-state index in [1.54, 1.807) is 10.7 Å². The molecule has 2 aromatic heterocycles. The van der Waals surface area contributed by atoms with Crippen LogP contribution in [0, 0.1) is 5.41 Å². The summed E-state index contributed by atoms with van der Waals surface area (Å²) in [6, 6.07) is 1.36. The summed E-state index contributed by atoms with van der Waals surface area (Å²) in [6.07, 6.45) is 1.46. The largest absolute Gasteiger partial charge is 0.481 e. The Hall–Kier alpha value is -1.70. The first kappa shape index (κ1) is 14.7. The quantitative estimate of drug-likeness (QED) is 0.917. The maximum absolute atomic E-state index is 11.1. The average Bonchev–Trinajstić information content (AvgIpc) is 2.92. The lowest BCUT2D eigenvalue weighted by Gasteiger charge is -2.29. The zero-order valence-corrected chi connectivity index (χ0v) is 13.0. The highest BCUT2D eigenvalue weighted by Crippen LogP contribution is 2.36. The van der Waals surface area contributed by atoms with Crippen molar-refractivity contribution in [3.8, 4) is 11.4 Å². The number of rotatable bonds is 4. The number of hydrogen-bond donors (Lipinski definition) is 1. The molecule has 0 fully saturated rings. The molecule has 0 aromatic carbocycles. The third-order valence-corrected chi connectivity index (χ3v) is 3.63. The van der Waals surface area contributed by atoms with Crippen LogP contribution in [0.25, 0.3) is 11.4 Å². The fraction of sp³-hybridized carbons (Fsp3) is 0.500. The molecule has 1 atom stereocenters. The molecule has 108 valence electrons. The summed E-state index contributed by atoms with van der Waals surface area (Å²) in [5, 5.41) is 20.7. The molecular formula is C12H15BrN4O3. The molecule has 7 nitrogen and oxygen atoms in total. The molecular weight excluding hydrogens is 328 g/mol. The summed E-state index contributed by atoms with van der Waals surface area (Å²) in [5.41, 5.74) is 0.383. The van der Waals surface area contributed by atoms with E-state index < -0.39 is 5.97 Å². The SMILES string of the molecule is CC(C)(C)C(CC(=O)O)n1nnnc1-c1ccoc1Br. The minimum atomic E-state index is -0.891. The van der Waals surface area contributed by atoms with Crippen LogP contribution in [-0.2, 0) is 4.79 Å². The van der Waals surface area contributed by atoms with Crippen LogP contribution in [-0.4, -0.2) is 31.3 Å². The van der Waals surface area contributed by atoms with Crippen LogP contribution in [0.4, 0.5) is 0 Å².